The largest absolute Gasteiger partial charge is 0.329 e. The van der Waals surface area contributed by atoms with Crippen LogP contribution in [0.3, 0.4) is 0 Å². The van der Waals surface area contributed by atoms with Gasteiger partial charge in [-0.15, -0.1) is 11.3 Å². The topological polar surface area (TPSA) is 29.3 Å². The first-order valence-corrected chi connectivity index (χ1v) is 8.19. The van der Waals surface area contributed by atoms with Crippen LogP contribution in [0, 0.1) is 12.8 Å². The lowest BCUT2D eigenvalue weighted by Gasteiger charge is -2.36. The first-order valence-electron chi connectivity index (χ1n) is 7.31. The molecule has 1 saturated heterocycles. The highest BCUT2D eigenvalue weighted by molar-refractivity contribution is 7.10. The Morgan fingerprint density at radius 3 is 2.94 bits per heavy atom. The second kappa shape index (κ2) is 5.32. The number of aryl methyl sites for hydroxylation is 1. The van der Waals surface area contributed by atoms with Crippen LogP contribution in [-0.4, -0.2) is 24.0 Å². The van der Waals surface area contributed by atoms with Gasteiger partial charge >= 0.3 is 0 Å². The molecule has 1 aliphatic carbocycles. The zero-order valence-corrected chi connectivity index (χ0v) is 12.1. The van der Waals surface area contributed by atoms with Gasteiger partial charge in [0.2, 0.25) is 0 Å². The fourth-order valence-electron chi connectivity index (χ4n) is 3.95. The van der Waals surface area contributed by atoms with E-state index in [1.54, 1.807) is 0 Å². The third kappa shape index (κ3) is 2.13. The number of hydrogen-bond donors (Lipinski definition) is 1. The van der Waals surface area contributed by atoms with E-state index in [-0.39, 0.29) is 0 Å². The molecule has 1 aliphatic heterocycles. The minimum atomic E-state index is 0.470. The normalized spacial score (nSPS) is 30.3. The summed E-state index contributed by atoms with van der Waals surface area (Å²) in [5.41, 5.74) is 7.53. The molecule has 2 aliphatic rings. The van der Waals surface area contributed by atoms with E-state index >= 15 is 0 Å². The van der Waals surface area contributed by atoms with E-state index in [1.165, 1.54) is 49.1 Å². The molecule has 3 atom stereocenters. The van der Waals surface area contributed by atoms with Crippen LogP contribution in [0.5, 0.6) is 0 Å². The molecule has 0 bridgehead atoms. The highest BCUT2D eigenvalue weighted by Crippen LogP contribution is 2.41. The van der Waals surface area contributed by atoms with Gasteiger partial charge in [-0.1, -0.05) is 12.8 Å². The van der Waals surface area contributed by atoms with Crippen LogP contribution in [0.4, 0.5) is 0 Å². The Morgan fingerprint density at radius 2 is 2.22 bits per heavy atom. The Hall–Kier alpha value is -0.380. The van der Waals surface area contributed by atoms with E-state index in [4.69, 9.17) is 5.73 Å². The number of rotatable bonds is 3. The second-order valence-electron chi connectivity index (χ2n) is 5.86. The molecule has 1 saturated carbocycles. The third-order valence-corrected chi connectivity index (χ3v) is 6.00. The Kier molecular flexibility index (Phi) is 3.73. The third-order valence-electron chi connectivity index (χ3n) is 4.88. The fourth-order valence-corrected chi connectivity index (χ4v) is 5.01. The summed E-state index contributed by atoms with van der Waals surface area (Å²) >= 11 is 1.89. The van der Waals surface area contributed by atoms with Gasteiger partial charge in [0.25, 0.3) is 0 Å². The van der Waals surface area contributed by atoms with Crippen LogP contribution in [0.1, 0.15) is 48.6 Å². The Morgan fingerprint density at radius 1 is 1.39 bits per heavy atom. The van der Waals surface area contributed by atoms with E-state index in [2.05, 4.69) is 23.3 Å². The van der Waals surface area contributed by atoms with E-state index in [9.17, 15) is 0 Å². The van der Waals surface area contributed by atoms with Crippen molar-refractivity contribution in [1.82, 2.24) is 4.90 Å². The average Bonchev–Trinajstić information content (AvgIpc) is 2.99. The van der Waals surface area contributed by atoms with Crippen molar-refractivity contribution in [3.05, 3.63) is 21.9 Å². The standard InChI is InChI=1S/C15H24N2S/c1-11-7-9-18-15(11)14(10-16)17-8-6-12-4-2-3-5-13(12)17/h7,9,12-14H,2-6,8,10,16H2,1H3. The van der Waals surface area contributed by atoms with Crippen molar-refractivity contribution in [3.63, 3.8) is 0 Å². The van der Waals surface area contributed by atoms with Gasteiger partial charge in [-0.3, -0.25) is 4.90 Å². The van der Waals surface area contributed by atoms with Crippen molar-refractivity contribution in [3.8, 4) is 0 Å². The monoisotopic (exact) mass is 264 g/mol. The minimum absolute atomic E-state index is 0.470. The van der Waals surface area contributed by atoms with Gasteiger partial charge in [-0.05, 0) is 55.7 Å². The number of nitrogens with two attached hydrogens (primary N) is 1. The molecular formula is C15H24N2S. The van der Waals surface area contributed by atoms with Crippen LogP contribution >= 0.6 is 11.3 Å². The molecule has 2 N–H and O–H groups in total. The maximum absolute atomic E-state index is 6.10. The minimum Gasteiger partial charge on any atom is -0.329 e. The van der Waals surface area contributed by atoms with Crippen molar-refractivity contribution >= 4 is 11.3 Å². The van der Waals surface area contributed by atoms with Crippen LogP contribution in [0.15, 0.2) is 11.4 Å². The Labute approximate surface area is 114 Å². The van der Waals surface area contributed by atoms with Gasteiger partial charge in [0.15, 0.2) is 0 Å². The quantitative estimate of drug-likeness (QED) is 0.907. The molecule has 2 heterocycles. The van der Waals surface area contributed by atoms with Gasteiger partial charge in [-0.25, -0.2) is 0 Å². The molecule has 100 valence electrons. The van der Waals surface area contributed by atoms with Crippen LogP contribution < -0.4 is 5.73 Å². The number of likely N-dealkylation sites (tertiary alicyclic amines) is 1. The smallest absolute Gasteiger partial charge is 0.0569 e. The summed E-state index contributed by atoms with van der Waals surface area (Å²) < 4.78 is 0. The molecule has 0 aromatic carbocycles. The SMILES string of the molecule is Cc1ccsc1C(CN)N1CCC2CCCCC21. The van der Waals surface area contributed by atoms with Crippen LogP contribution in [0.2, 0.25) is 0 Å². The van der Waals surface area contributed by atoms with E-state index < -0.39 is 0 Å². The van der Waals surface area contributed by atoms with Gasteiger partial charge < -0.3 is 5.73 Å². The van der Waals surface area contributed by atoms with Crippen LogP contribution in [0.25, 0.3) is 0 Å². The summed E-state index contributed by atoms with van der Waals surface area (Å²) in [5.74, 6) is 0.952. The van der Waals surface area contributed by atoms with Gasteiger partial charge in [0.1, 0.15) is 0 Å². The summed E-state index contributed by atoms with van der Waals surface area (Å²) in [6.07, 6.45) is 7.10. The second-order valence-corrected chi connectivity index (χ2v) is 6.81. The van der Waals surface area contributed by atoms with Gasteiger partial charge in [0.05, 0.1) is 6.04 Å². The molecule has 2 nitrogen and oxygen atoms in total. The van der Waals surface area contributed by atoms with Crippen molar-refractivity contribution in [2.45, 2.75) is 51.1 Å². The lowest BCUT2D eigenvalue weighted by molar-refractivity contribution is 0.137. The lowest BCUT2D eigenvalue weighted by Crippen LogP contribution is -2.40. The molecule has 2 fully saturated rings. The van der Waals surface area contributed by atoms with Crippen molar-refractivity contribution in [1.29, 1.82) is 0 Å². The molecule has 1 aromatic heterocycles. The molecule has 18 heavy (non-hydrogen) atoms. The fraction of sp³-hybridized carbons (Fsp3) is 0.733. The predicted octanol–water partition coefficient (Wildman–Crippen LogP) is 3.32. The Balaban J connectivity index is 1.82. The highest BCUT2D eigenvalue weighted by atomic mass is 32.1. The zero-order valence-electron chi connectivity index (χ0n) is 11.3. The highest BCUT2D eigenvalue weighted by Gasteiger charge is 2.39. The van der Waals surface area contributed by atoms with Gasteiger partial charge in [0, 0.05) is 17.5 Å². The zero-order chi connectivity index (χ0) is 12.5. The molecule has 0 radical (unpaired) electrons. The number of hydrogen-bond acceptors (Lipinski definition) is 3. The predicted molar refractivity (Wildman–Crippen MR) is 77.9 cm³/mol. The van der Waals surface area contributed by atoms with E-state index in [0.29, 0.717) is 6.04 Å². The lowest BCUT2D eigenvalue weighted by atomic mass is 9.85. The van der Waals surface area contributed by atoms with Crippen molar-refractivity contribution in [2.24, 2.45) is 11.7 Å². The number of thiophene rings is 1. The Bertz CT molecular complexity index is 401. The van der Waals surface area contributed by atoms with E-state index in [0.717, 1.165) is 18.5 Å². The summed E-state index contributed by atoms with van der Waals surface area (Å²) in [5, 5.41) is 2.21. The summed E-state index contributed by atoms with van der Waals surface area (Å²) in [6.45, 7) is 4.25. The summed E-state index contributed by atoms with van der Waals surface area (Å²) in [4.78, 5) is 4.23. The molecule has 0 spiro atoms. The molecule has 3 unspecified atom stereocenters. The first kappa shape index (κ1) is 12.6. The van der Waals surface area contributed by atoms with Gasteiger partial charge in [-0.2, -0.15) is 0 Å². The molecule has 1 aromatic rings. The first-order chi connectivity index (χ1) is 8.81. The maximum Gasteiger partial charge on any atom is 0.0569 e. The average molecular weight is 264 g/mol. The maximum atomic E-state index is 6.10. The molecule has 0 amide bonds. The summed E-state index contributed by atoms with van der Waals surface area (Å²) in [6, 6.07) is 3.52. The summed E-state index contributed by atoms with van der Waals surface area (Å²) in [7, 11) is 0. The van der Waals surface area contributed by atoms with E-state index in [1.807, 2.05) is 11.3 Å². The molecule has 3 rings (SSSR count). The molecule has 3 heteroatoms. The number of fused-ring (bicyclic) bond motifs is 1. The molecular weight excluding hydrogens is 240 g/mol. The number of nitrogens with zero attached hydrogens (tertiary/aromatic N) is 1. The van der Waals surface area contributed by atoms with Crippen molar-refractivity contribution in [2.75, 3.05) is 13.1 Å². The van der Waals surface area contributed by atoms with Crippen LogP contribution in [-0.2, 0) is 0 Å². The van der Waals surface area contributed by atoms with Crippen molar-refractivity contribution < 1.29 is 0 Å².